The van der Waals surface area contributed by atoms with Gasteiger partial charge in [-0.3, -0.25) is 0 Å². The number of nitrogens with two attached hydrogens (primary N) is 1. The zero-order valence-electron chi connectivity index (χ0n) is 20.1. The average molecular weight is 522 g/mol. The van der Waals surface area contributed by atoms with Gasteiger partial charge < -0.3 is 19.8 Å². The number of anilines is 1. The standard InChI is InChI=1S/C26H24FN5O4S/c1-14-7-3-5-9-16(14)24(33)35-12-19-18(36-25(34)17-10-6-4-8-15(17)2)11-20(37-19)32-13-29-21-22(28)30-26(27)31-23(21)32/h3-10,13,18-20H,11-12H2,1-2H3,(H2,28,30,31)/t18-,19+,20+/m0/s1. The summed E-state index contributed by atoms with van der Waals surface area (Å²) in [6.07, 6.45) is 0.329. The minimum Gasteiger partial charge on any atom is -0.461 e. The van der Waals surface area contributed by atoms with Gasteiger partial charge in [-0.25, -0.2) is 14.6 Å². The van der Waals surface area contributed by atoms with Gasteiger partial charge in [0.25, 0.3) is 0 Å². The van der Waals surface area contributed by atoms with Gasteiger partial charge in [0, 0.05) is 6.42 Å². The average Bonchev–Trinajstić information content (AvgIpc) is 3.47. The van der Waals surface area contributed by atoms with Crippen LogP contribution in [0.4, 0.5) is 10.2 Å². The highest BCUT2D eigenvalue weighted by molar-refractivity contribution is 8.00. The topological polar surface area (TPSA) is 122 Å². The number of carbonyl (C=O) groups excluding carboxylic acids is 2. The second-order valence-corrected chi connectivity index (χ2v) is 10.2. The molecular weight excluding hydrogens is 497 g/mol. The lowest BCUT2D eigenvalue weighted by atomic mass is 10.1. The Morgan fingerprint density at radius 3 is 2.38 bits per heavy atom. The number of nitrogens with zero attached hydrogens (tertiary/aromatic N) is 4. The number of benzene rings is 2. The summed E-state index contributed by atoms with van der Waals surface area (Å²) >= 11 is 1.43. The van der Waals surface area contributed by atoms with Gasteiger partial charge in [0.2, 0.25) is 0 Å². The number of aryl methyl sites for hydroxylation is 2. The van der Waals surface area contributed by atoms with Crippen LogP contribution in [0.1, 0.15) is 43.6 Å². The van der Waals surface area contributed by atoms with Crippen LogP contribution in [0.3, 0.4) is 0 Å². The van der Waals surface area contributed by atoms with Crippen LogP contribution in [0, 0.1) is 19.9 Å². The molecule has 190 valence electrons. The number of rotatable bonds is 6. The van der Waals surface area contributed by atoms with Crippen molar-refractivity contribution in [1.82, 2.24) is 19.5 Å². The van der Waals surface area contributed by atoms with Gasteiger partial charge in [0.05, 0.1) is 28.1 Å². The van der Waals surface area contributed by atoms with Crippen LogP contribution in [0.15, 0.2) is 54.9 Å². The van der Waals surface area contributed by atoms with E-state index in [1.807, 2.05) is 38.1 Å². The van der Waals surface area contributed by atoms with Gasteiger partial charge in [-0.05, 0) is 37.1 Å². The van der Waals surface area contributed by atoms with Gasteiger partial charge in [-0.1, -0.05) is 36.4 Å². The lowest BCUT2D eigenvalue weighted by Gasteiger charge is -2.19. The van der Waals surface area contributed by atoms with E-state index >= 15 is 0 Å². The lowest BCUT2D eigenvalue weighted by Crippen LogP contribution is -2.30. The van der Waals surface area contributed by atoms with Crippen LogP contribution in [0.2, 0.25) is 0 Å². The van der Waals surface area contributed by atoms with Gasteiger partial charge in [0.15, 0.2) is 11.5 Å². The number of aromatic nitrogens is 4. The SMILES string of the molecule is Cc1ccccc1C(=O)OC[C@H]1S[C@@H](n2cnc3c(N)nc(F)nc32)C[C@@H]1OC(=O)c1ccccc1C. The van der Waals surface area contributed by atoms with E-state index in [-0.39, 0.29) is 34.2 Å². The van der Waals surface area contributed by atoms with Gasteiger partial charge in [0.1, 0.15) is 18.2 Å². The number of thioether (sulfide) groups is 1. The van der Waals surface area contributed by atoms with Crippen LogP contribution >= 0.6 is 11.8 Å². The van der Waals surface area contributed by atoms with E-state index < -0.39 is 24.1 Å². The Labute approximate surface area is 216 Å². The Kier molecular flexibility index (Phi) is 6.79. The quantitative estimate of drug-likeness (QED) is 0.293. The summed E-state index contributed by atoms with van der Waals surface area (Å²) in [4.78, 5) is 37.4. The number of esters is 2. The van der Waals surface area contributed by atoms with E-state index in [1.54, 1.807) is 28.8 Å². The maximum atomic E-state index is 13.9. The first-order valence-corrected chi connectivity index (χ1v) is 12.6. The molecular formula is C26H24FN5O4S. The molecule has 0 amide bonds. The van der Waals surface area contributed by atoms with Crippen molar-refractivity contribution < 1.29 is 23.5 Å². The Morgan fingerprint density at radius 2 is 1.70 bits per heavy atom. The first-order valence-electron chi connectivity index (χ1n) is 11.6. The molecule has 0 aliphatic carbocycles. The molecule has 2 aromatic heterocycles. The number of hydrogen-bond acceptors (Lipinski definition) is 9. The molecule has 11 heteroatoms. The van der Waals surface area contributed by atoms with E-state index in [4.69, 9.17) is 15.2 Å². The summed E-state index contributed by atoms with van der Waals surface area (Å²) in [6.45, 7) is 3.68. The summed E-state index contributed by atoms with van der Waals surface area (Å²) in [6, 6.07) is 14.3. The Balaban J connectivity index is 1.40. The van der Waals surface area contributed by atoms with Crippen molar-refractivity contribution in [3.63, 3.8) is 0 Å². The summed E-state index contributed by atoms with van der Waals surface area (Å²) in [5.41, 5.74) is 8.86. The second kappa shape index (κ2) is 10.2. The van der Waals surface area contributed by atoms with Gasteiger partial charge in [-0.15, -0.1) is 11.8 Å². The van der Waals surface area contributed by atoms with Crippen molar-refractivity contribution in [3.8, 4) is 0 Å². The van der Waals surface area contributed by atoms with E-state index in [9.17, 15) is 14.0 Å². The van der Waals surface area contributed by atoms with E-state index in [0.29, 0.717) is 17.5 Å². The Morgan fingerprint density at radius 1 is 1.05 bits per heavy atom. The van der Waals surface area contributed by atoms with Crippen LogP contribution < -0.4 is 5.73 Å². The molecule has 1 fully saturated rings. The fraction of sp³-hybridized carbons (Fsp3) is 0.269. The molecule has 37 heavy (non-hydrogen) atoms. The Bertz CT molecular complexity index is 1490. The van der Waals surface area contributed by atoms with E-state index in [1.165, 1.54) is 18.1 Å². The summed E-state index contributed by atoms with van der Waals surface area (Å²) < 4.78 is 27.2. The number of nitrogen functional groups attached to an aromatic ring is 1. The highest BCUT2D eigenvalue weighted by atomic mass is 32.2. The Hall–Kier alpha value is -3.99. The number of carbonyl (C=O) groups is 2. The first kappa shape index (κ1) is 24.7. The minimum atomic E-state index is -0.957. The van der Waals surface area contributed by atoms with Crippen LogP contribution in [-0.4, -0.2) is 49.4 Å². The molecule has 2 N–H and O–H groups in total. The first-order chi connectivity index (χ1) is 17.8. The maximum absolute atomic E-state index is 13.9. The lowest BCUT2D eigenvalue weighted by molar-refractivity contribution is 0.0205. The normalized spacial score (nSPS) is 19.2. The van der Waals surface area contributed by atoms with Crippen molar-refractivity contribution >= 4 is 40.7 Å². The molecule has 0 unspecified atom stereocenters. The van der Waals surface area contributed by atoms with Crippen molar-refractivity contribution in [2.45, 2.75) is 37.0 Å². The molecule has 1 saturated heterocycles. The molecule has 0 saturated carbocycles. The highest BCUT2D eigenvalue weighted by Crippen LogP contribution is 2.44. The molecule has 9 nitrogen and oxygen atoms in total. The summed E-state index contributed by atoms with van der Waals surface area (Å²) in [7, 11) is 0. The summed E-state index contributed by atoms with van der Waals surface area (Å²) in [5, 5.41) is -0.706. The molecule has 5 rings (SSSR count). The number of halogens is 1. The zero-order chi connectivity index (χ0) is 26.1. The molecule has 3 heterocycles. The molecule has 0 radical (unpaired) electrons. The monoisotopic (exact) mass is 521 g/mol. The smallest absolute Gasteiger partial charge is 0.338 e. The fourth-order valence-corrected chi connectivity index (χ4v) is 5.79. The maximum Gasteiger partial charge on any atom is 0.338 e. The largest absolute Gasteiger partial charge is 0.461 e. The number of imidazole rings is 1. The van der Waals surface area contributed by atoms with Crippen LogP contribution in [0.5, 0.6) is 0 Å². The molecule has 1 aliphatic rings. The fourth-order valence-electron chi connectivity index (χ4n) is 4.31. The predicted octanol–water partition coefficient (Wildman–Crippen LogP) is 4.25. The van der Waals surface area contributed by atoms with E-state index in [2.05, 4.69) is 15.0 Å². The third-order valence-corrected chi connectivity index (χ3v) is 7.80. The van der Waals surface area contributed by atoms with Crippen LogP contribution in [0.25, 0.3) is 11.2 Å². The number of hydrogen-bond donors (Lipinski definition) is 1. The van der Waals surface area contributed by atoms with Crippen molar-refractivity contribution in [1.29, 1.82) is 0 Å². The third kappa shape index (κ3) is 4.99. The molecule has 2 aromatic carbocycles. The predicted molar refractivity (Wildman–Crippen MR) is 137 cm³/mol. The molecule has 0 bridgehead atoms. The number of ether oxygens (including phenoxy) is 2. The van der Waals surface area contributed by atoms with E-state index in [0.717, 1.165) is 11.1 Å². The van der Waals surface area contributed by atoms with Crippen molar-refractivity contribution in [2.75, 3.05) is 12.3 Å². The number of fused-ring (bicyclic) bond motifs is 1. The van der Waals surface area contributed by atoms with Gasteiger partial charge >= 0.3 is 18.0 Å². The molecule has 1 aliphatic heterocycles. The molecule has 0 spiro atoms. The van der Waals surface area contributed by atoms with Crippen LogP contribution in [-0.2, 0) is 9.47 Å². The molecule has 3 atom stereocenters. The van der Waals surface area contributed by atoms with Crippen molar-refractivity contribution in [3.05, 3.63) is 83.2 Å². The summed E-state index contributed by atoms with van der Waals surface area (Å²) in [5.74, 6) is -0.982. The minimum absolute atomic E-state index is 0.0121. The highest BCUT2D eigenvalue weighted by Gasteiger charge is 2.40. The van der Waals surface area contributed by atoms with Gasteiger partial charge in [-0.2, -0.15) is 14.4 Å². The zero-order valence-corrected chi connectivity index (χ0v) is 20.9. The van der Waals surface area contributed by atoms with Crippen molar-refractivity contribution in [2.24, 2.45) is 0 Å². The third-order valence-electron chi connectivity index (χ3n) is 6.28. The molecule has 4 aromatic rings. The second-order valence-electron chi connectivity index (χ2n) is 8.74.